The minimum absolute atomic E-state index is 0.201. The highest BCUT2D eigenvalue weighted by Crippen LogP contribution is 2.25. The molecule has 0 atom stereocenters. The molecule has 130 valence electrons. The zero-order valence-electron chi connectivity index (χ0n) is 13.7. The monoisotopic (exact) mass is 344 g/mol. The number of aromatic nitrogens is 1. The molecule has 0 bridgehead atoms. The van der Waals surface area contributed by atoms with Gasteiger partial charge in [-0.25, -0.2) is 8.78 Å². The van der Waals surface area contributed by atoms with Crippen LogP contribution in [0.1, 0.15) is 18.9 Å². The average molecular weight is 344 g/mol. The van der Waals surface area contributed by atoms with Gasteiger partial charge in [-0.15, -0.1) is 0 Å². The van der Waals surface area contributed by atoms with Gasteiger partial charge >= 0.3 is 0 Å². The van der Waals surface area contributed by atoms with Crippen molar-refractivity contribution in [1.82, 2.24) is 4.98 Å². The number of aromatic amines is 1. The first kappa shape index (κ1) is 17.0. The molecule has 25 heavy (non-hydrogen) atoms. The summed E-state index contributed by atoms with van der Waals surface area (Å²) in [5.74, 6) is -1.31. The fourth-order valence-corrected chi connectivity index (χ4v) is 2.65. The van der Waals surface area contributed by atoms with E-state index in [1.807, 2.05) is 31.2 Å². The van der Waals surface area contributed by atoms with Crippen LogP contribution in [-0.4, -0.2) is 17.5 Å². The molecule has 2 aromatic carbocycles. The normalized spacial score (nSPS) is 10.8. The number of halogens is 2. The van der Waals surface area contributed by atoms with Gasteiger partial charge in [0.05, 0.1) is 17.8 Å². The van der Waals surface area contributed by atoms with Crippen molar-refractivity contribution in [3.63, 3.8) is 0 Å². The van der Waals surface area contributed by atoms with E-state index in [4.69, 9.17) is 4.74 Å². The molecule has 6 heteroatoms. The first-order chi connectivity index (χ1) is 12.1. The Morgan fingerprint density at radius 1 is 1.20 bits per heavy atom. The molecule has 4 nitrogen and oxygen atoms in total. The summed E-state index contributed by atoms with van der Waals surface area (Å²) in [7, 11) is 0. The zero-order chi connectivity index (χ0) is 17.8. The number of aryl methyl sites for hydroxylation is 1. The van der Waals surface area contributed by atoms with Crippen LogP contribution in [0.4, 0.5) is 14.5 Å². The Labute approximate surface area is 143 Å². The Kier molecular flexibility index (Phi) is 4.97. The first-order valence-corrected chi connectivity index (χ1v) is 8.04. The smallest absolute Gasteiger partial charge is 0.224 e. The molecule has 0 aliphatic carbocycles. The molecule has 0 saturated carbocycles. The van der Waals surface area contributed by atoms with Gasteiger partial charge in [0, 0.05) is 24.1 Å². The van der Waals surface area contributed by atoms with Crippen LogP contribution in [0.2, 0.25) is 0 Å². The second-order valence-corrected chi connectivity index (χ2v) is 5.64. The molecule has 1 aromatic heterocycles. The molecule has 0 aliphatic heterocycles. The maximum atomic E-state index is 13.4. The number of nitrogens with one attached hydrogen (secondary N) is 2. The summed E-state index contributed by atoms with van der Waals surface area (Å²) in [5, 5.41) is 3.17. The van der Waals surface area contributed by atoms with Crippen molar-refractivity contribution in [2.45, 2.75) is 19.8 Å². The highest BCUT2D eigenvalue weighted by atomic mass is 19.2. The van der Waals surface area contributed by atoms with Gasteiger partial charge in [-0.2, -0.15) is 0 Å². The van der Waals surface area contributed by atoms with Crippen molar-refractivity contribution >= 4 is 22.5 Å². The maximum Gasteiger partial charge on any atom is 0.224 e. The van der Waals surface area contributed by atoms with Gasteiger partial charge < -0.3 is 15.0 Å². The number of carbonyl (C=O) groups is 1. The molecule has 3 rings (SSSR count). The molecule has 2 N–H and O–H groups in total. The van der Waals surface area contributed by atoms with E-state index in [2.05, 4.69) is 10.3 Å². The predicted octanol–water partition coefficient (Wildman–Crippen LogP) is 4.42. The Morgan fingerprint density at radius 3 is 2.80 bits per heavy atom. The number of hydrogen-bond acceptors (Lipinski definition) is 2. The van der Waals surface area contributed by atoms with Crippen LogP contribution >= 0.6 is 0 Å². The van der Waals surface area contributed by atoms with Gasteiger partial charge in [-0.1, -0.05) is 12.1 Å². The van der Waals surface area contributed by atoms with Gasteiger partial charge in [0.25, 0.3) is 0 Å². The lowest BCUT2D eigenvalue weighted by Crippen LogP contribution is -2.12. The molecular weight excluding hydrogens is 326 g/mol. The maximum absolute atomic E-state index is 13.4. The lowest BCUT2D eigenvalue weighted by atomic mass is 10.1. The van der Waals surface area contributed by atoms with Crippen LogP contribution in [0.25, 0.3) is 10.9 Å². The molecular formula is C19H18F2N2O2. The average Bonchev–Trinajstić information content (AvgIpc) is 2.96. The Morgan fingerprint density at radius 2 is 2.00 bits per heavy atom. The van der Waals surface area contributed by atoms with Crippen LogP contribution < -0.4 is 10.1 Å². The van der Waals surface area contributed by atoms with Crippen molar-refractivity contribution < 1.29 is 18.3 Å². The van der Waals surface area contributed by atoms with E-state index in [-0.39, 0.29) is 12.3 Å². The van der Waals surface area contributed by atoms with Gasteiger partial charge in [0.1, 0.15) is 5.75 Å². The van der Waals surface area contributed by atoms with Crippen LogP contribution in [0.15, 0.2) is 42.6 Å². The lowest BCUT2D eigenvalue weighted by Gasteiger charge is -2.07. The SMILES string of the molecule is CCOc1cccc(CCC(=O)Nc2c[nH]c3cc(F)c(F)cc23)c1. The van der Waals surface area contributed by atoms with Crippen molar-refractivity contribution in [1.29, 1.82) is 0 Å². The molecule has 0 aliphatic rings. The van der Waals surface area contributed by atoms with E-state index in [0.717, 1.165) is 23.4 Å². The Hall–Kier alpha value is -2.89. The molecule has 3 aromatic rings. The first-order valence-electron chi connectivity index (χ1n) is 8.04. The van der Waals surface area contributed by atoms with Gasteiger partial charge in [-0.05, 0) is 37.1 Å². The molecule has 0 saturated heterocycles. The fraction of sp³-hybridized carbons (Fsp3) is 0.211. The third-order valence-corrected chi connectivity index (χ3v) is 3.85. The summed E-state index contributed by atoms with van der Waals surface area (Å²) in [5.41, 5.74) is 1.86. The summed E-state index contributed by atoms with van der Waals surface area (Å²) in [6, 6.07) is 9.73. The quantitative estimate of drug-likeness (QED) is 0.696. The van der Waals surface area contributed by atoms with E-state index >= 15 is 0 Å². The standard InChI is InChI=1S/C19H18F2N2O2/c1-2-25-13-5-3-4-12(8-13)6-7-19(24)23-18-11-22-17-10-16(21)15(20)9-14(17)18/h3-5,8-11,22H,2,6-7H2,1H3,(H,23,24). The molecule has 0 radical (unpaired) electrons. The third kappa shape index (κ3) is 3.96. The number of amides is 1. The number of ether oxygens (including phenoxy) is 1. The number of rotatable bonds is 6. The highest BCUT2D eigenvalue weighted by Gasteiger charge is 2.11. The summed E-state index contributed by atoms with van der Waals surface area (Å²) < 4.78 is 32.1. The fourth-order valence-electron chi connectivity index (χ4n) is 2.65. The number of H-pyrrole nitrogens is 1. The summed E-state index contributed by atoms with van der Waals surface area (Å²) >= 11 is 0. The topological polar surface area (TPSA) is 54.1 Å². The predicted molar refractivity (Wildman–Crippen MR) is 92.8 cm³/mol. The van der Waals surface area contributed by atoms with E-state index in [1.165, 1.54) is 6.20 Å². The van der Waals surface area contributed by atoms with Gasteiger partial charge in [0.2, 0.25) is 5.91 Å². The molecule has 0 fully saturated rings. The van der Waals surface area contributed by atoms with Crippen LogP contribution in [0.5, 0.6) is 5.75 Å². The summed E-state index contributed by atoms with van der Waals surface area (Å²) in [4.78, 5) is 15.0. The lowest BCUT2D eigenvalue weighted by molar-refractivity contribution is -0.116. The highest BCUT2D eigenvalue weighted by molar-refractivity contribution is 6.01. The Balaban J connectivity index is 1.65. The van der Waals surface area contributed by atoms with E-state index in [9.17, 15) is 13.6 Å². The molecule has 0 unspecified atom stereocenters. The molecule has 1 amide bonds. The van der Waals surface area contributed by atoms with Crippen LogP contribution in [-0.2, 0) is 11.2 Å². The summed E-state index contributed by atoms with van der Waals surface area (Å²) in [6.07, 6.45) is 2.35. The summed E-state index contributed by atoms with van der Waals surface area (Å²) in [6.45, 7) is 2.50. The van der Waals surface area contributed by atoms with Gasteiger partial charge in [0.15, 0.2) is 11.6 Å². The van der Waals surface area contributed by atoms with Crippen LogP contribution in [0.3, 0.4) is 0 Å². The number of hydrogen-bond donors (Lipinski definition) is 2. The third-order valence-electron chi connectivity index (χ3n) is 3.85. The Bertz CT molecular complexity index is 906. The number of anilines is 1. The zero-order valence-corrected chi connectivity index (χ0v) is 13.7. The van der Waals surface area contributed by atoms with Crippen molar-refractivity contribution in [3.05, 3.63) is 59.8 Å². The molecule has 1 heterocycles. The van der Waals surface area contributed by atoms with Crippen molar-refractivity contribution in [3.8, 4) is 5.75 Å². The van der Waals surface area contributed by atoms with Crippen molar-refractivity contribution in [2.75, 3.05) is 11.9 Å². The number of carbonyl (C=O) groups excluding carboxylic acids is 1. The number of fused-ring (bicyclic) bond motifs is 1. The second kappa shape index (κ2) is 7.34. The van der Waals surface area contributed by atoms with Crippen LogP contribution in [0, 0.1) is 11.6 Å². The largest absolute Gasteiger partial charge is 0.494 e. The minimum atomic E-state index is -0.949. The minimum Gasteiger partial charge on any atom is -0.494 e. The van der Waals surface area contributed by atoms with E-state index in [1.54, 1.807) is 0 Å². The number of benzene rings is 2. The second-order valence-electron chi connectivity index (χ2n) is 5.64. The van der Waals surface area contributed by atoms with E-state index in [0.29, 0.717) is 29.6 Å². The van der Waals surface area contributed by atoms with Gasteiger partial charge in [-0.3, -0.25) is 4.79 Å². The van der Waals surface area contributed by atoms with E-state index < -0.39 is 11.6 Å². The molecule has 0 spiro atoms. The van der Waals surface area contributed by atoms with Crippen molar-refractivity contribution in [2.24, 2.45) is 0 Å².